The van der Waals surface area contributed by atoms with Crippen LogP contribution in [0.4, 0.5) is 0 Å². The maximum Gasteiger partial charge on any atom is 0.223 e. The molecule has 21 heavy (non-hydrogen) atoms. The van der Waals surface area contributed by atoms with E-state index in [-0.39, 0.29) is 17.2 Å². The van der Waals surface area contributed by atoms with Crippen molar-refractivity contribution in [1.82, 2.24) is 5.32 Å². The standard InChI is InChI=1S/C18H29NO2/c1-6-14(7-2)17(20)19-11-12-21-16-10-8-9-15(13-16)18(3,4)5/h8-10,13-14H,6-7,11-12H2,1-5H3,(H,19,20). The highest BCUT2D eigenvalue weighted by Crippen LogP contribution is 2.25. The molecule has 1 rings (SSSR count). The van der Waals surface area contributed by atoms with Crippen LogP contribution in [0.25, 0.3) is 0 Å². The SMILES string of the molecule is CCC(CC)C(=O)NCCOc1cccc(C(C)(C)C)c1. The molecule has 1 aromatic carbocycles. The Bertz CT molecular complexity index is 445. The third-order valence-corrected chi connectivity index (χ3v) is 3.73. The summed E-state index contributed by atoms with van der Waals surface area (Å²) in [7, 11) is 0. The van der Waals surface area contributed by atoms with E-state index in [4.69, 9.17) is 4.74 Å². The molecule has 0 bridgehead atoms. The van der Waals surface area contributed by atoms with Gasteiger partial charge in [-0.25, -0.2) is 0 Å². The molecule has 0 aromatic heterocycles. The Labute approximate surface area is 129 Å². The Kier molecular flexibility index (Phi) is 6.73. The van der Waals surface area contributed by atoms with Crippen molar-refractivity contribution < 1.29 is 9.53 Å². The molecule has 1 N–H and O–H groups in total. The summed E-state index contributed by atoms with van der Waals surface area (Å²) in [5.74, 6) is 1.11. The van der Waals surface area contributed by atoms with E-state index in [1.807, 2.05) is 26.0 Å². The van der Waals surface area contributed by atoms with Crippen molar-refractivity contribution in [2.45, 2.75) is 52.9 Å². The first-order valence-electron chi connectivity index (χ1n) is 7.89. The van der Waals surface area contributed by atoms with E-state index in [2.05, 4.69) is 38.2 Å². The van der Waals surface area contributed by atoms with Gasteiger partial charge >= 0.3 is 0 Å². The van der Waals surface area contributed by atoms with Crippen LogP contribution in [0.5, 0.6) is 5.75 Å². The minimum atomic E-state index is 0.114. The van der Waals surface area contributed by atoms with Crippen LogP contribution in [0.2, 0.25) is 0 Å². The number of benzene rings is 1. The molecule has 0 aliphatic rings. The van der Waals surface area contributed by atoms with Crippen LogP contribution in [0.3, 0.4) is 0 Å². The normalized spacial score (nSPS) is 11.5. The largest absolute Gasteiger partial charge is 0.492 e. The van der Waals surface area contributed by atoms with Crippen molar-refractivity contribution >= 4 is 5.91 Å². The molecule has 0 spiro atoms. The number of hydrogen-bond donors (Lipinski definition) is 1. The van der Waals surface area contributed by atoms with Gasteiger partial charge in [-0.3, -0.25) is 4.79 Å². The van der Waals surface area contributed by atoms with E-state index in [0.29, 0.717) is 13.2 Å². The highest BCUT2D eigenvalue weighted by atomic mass is 16.5. The zero-order chi connectivity index (χ0) is 15.9. The van der Waals surface area contributed by atoms with Crippen LogP contribution in [0.1, 0.15) is 53.0 Å². The van der Waals surface area contributed by atoms with Crippen LogP contribution >= 0.6 is 0 Å². The Morgan fingerprint density at radius 1 is 1.24 bits per heavy atom. The summed E-state index contributed by atoms with van der Waals surface area (Å²) in [6.45, 7) is 11.7. The first-order chi connectivity index (χ1) is 9.88. The molecule has 0 aliphatic heterocycles. The lowest BCUT2D eigenvalue weighted by molar-refractivity contribution is -0.125. The van der Waals surface area contributed by atoms with Crippen LogP contribution in [-0.4, -0.2) is 19.1 Å². The predicted molar refractivity (Wildman–Crippen MR) is 87.7 cm³/mol. The summed E-state index contributed by atoms with van der Waals surface area (Å²) < 4.78 is 5.72. The van der Waals surface area contributed by atoms with Gasteiger partial charge in [0, 0.05) is 5.92 Å². The summed E-state index contributed by atoms with van der Waals surface area (Å²) in [5.41, 5.74) is 1.37. The number of rotatable bonds is 7. The molecule has 3 nitrogen and oxygen atoms in total. The van der Waals surface area contributed by atoms with Gasteiger partial charge in [0.15, 0.2) is 0 Å². The molecule has 1 amide bonds. The zero-order valence-electron chi connectivity index (χ0n) is 14.0. The van der Waals surface area contributed by atoms with Crippen molar-refractivity contribution in [3.8, 4) is 5.75 Å². The molecule has 0 unspecified atom stereocenters. The average molecular weight is 291 g/mol. The van der Waals surface area contributed by atoms with Gasteiger partial charge in [0.05, 0.1) is 6.54 Å². The monoisotopic (exact) mass is 291 g/mol. The molecular formula is C18H29NO2. The number of nitrogens with one attached hydrogen (secondary N) is 1. The van der Waals surface area contributed by atoms with E-state index in [0.717, 1.165) is 18.6 Å². The van der Waals surface area contributed by atoms with Gasteiger partial charge in [-0.15, -0.1) is 0 Å². The third-order valence-electron chi connectivity index (χ3n) is 3.73. The Balaban J connectivity index is 2.41. The van der Waals surface area contributed by atoms with Gasteiger partial charge in [-0.2, -0.15) is 0 Å². The van der Waals surface area contributed by atoms with Gasteiger partial charge in [0.25, 0.3) is 0 Å². The lowest BCUT2D eigenvalue weighted by atomic mass is 9.87. The lowest BCUT2D eigenvalue weighted by Crippen LogP contribution is -2.33. The number of carbonyl (C=O) groups is 1. The molecule has 0 atom stereocenters. The second-order valence-corrected chi connectivity index (χ2v) is 6.43. The predicted octanol–water partition coefficient (Wildman–Crippen LogP) is 3.92. The van der Waals surface area contributed by atoms with E-state index in [1.54, 1.807) is 0 Å². The molecule has 3 heteroatoms. The first-order valence-corrected chi connectivity index (χ1v) is 7.89. The fraction of sp³-hybridized carbons (Fsp3) is 0.611. The Morgan fingerprint density at radius 3 is 2.48 bits per heavy atom. The highest BCUT2D eigenvalue weighted by molar-refractivity contribution is 5.78. The molecule has 0 saturated carbocycles. The minimum Gasteiger partial charge on any atom is -0.492 e. The Hall–Kier alpha value is -1.51. The van der Waals surface area contributed by atoms with Crippen molar-refractivity contribution in [2.75, 3.05) is 13.2 Å². The molecule has 0 saturated heterocycles. The van der Waals surface area contributed by atoms with Gasteiger partial charge in [0.2, 0.25) is 5.91 Å². The number of carbonyl (C=O) groups excluding carboxylic acids is 1. The highest BCUT2D eigenvalue weighted by Gasteiger charge is 2.14. The fourth-order valence-corrected chi connectivity index (χ4v) is 2.20. The van der Waals surface area contributed by atoms with Crippen molar-refractivity contribution in [2.24, 2.45) is 5.92 Å². The van der Waals surface area contributed by atoms with Crippen LogP contribution in [0.15, 0.2) is 24.3 Å². The van der Waals surface area contributed by atoms with Crippen LogP contribution in [0, 0.1) is 5.92 Å². The van der Waals surface area contributed by atoms with Crippen LogP contribution in [-0.2, 0) is 10.2 Å². The van der Waals surface area contributed by atoms with Gasteiger partial charge in [-0.1, -0.05) is 46.8 Å². The summed E-state index contributed by atoms with van der Waals surface area (Å²) in [6.07, 6.45) is 1.77. The molecule has 0 fully saturated rings. The van der Waals surface area contributed by atoms with Crippen molar-refractivity contribution in [1.29, 1.82) is 0 Å². The van der Waals surface area contributed by atoms with Crippen molar-refractivity contribution in [3.05, 3.63) is 29.8 Å². The van der Waals surface area contributed by atoms with E-state index >= 15 is 0 Å². The third kappa shape index (κ3) is 5.78. The Morgan fingerprint density at radius 2 is 1.90 bits per heavy atom. The first kappa shape index (κ1) is 17.5. The molecule has 1 aromatic rings. The zero-order valence-corrected chi connectivity index (χ0v) is 14.0. The number of amides is 1. The topological polar surface area (TPSA) is 38.3 Å². The molecule has 118 valence electrons. The van der Waals surface area contributed by atoms with E-state index in [9.17, 15) is 4.79 Å². The van der Waals surface area contributed by atoms with E-state index in [1.165, 1.54) is 5.56 Å². The smallest absolute Gasteiger partial charge is 0.223 e. The summed E-state index contributed by atoms with van der Waals surface area (Å²) in [5, 5.41) is 2.94. The molecular weight excluding hydrogens is 262 g/mol. The molecule has 0 radical (unpaired) electrons. The average Bonchev–Trinajstić information content (AvgIpc) is 2.44. The van der Waals surface area contributed by atoms with Gasteiger partial charge < -0.3 is 10.1 Å². The molecule has 0 aliphatic carbocycles. The molecule has 0 heterocycles. The fourth-order valence-electron chi connectivity index (χ4n) is 2.20. The second kappa shape index (κ2) is 8.06. The maximum absolute atomic E-state index is 11.8. The number of hydrogen-bond acceptors (Lipinski definition) is 2. The van der Waals surface area contributed by atoms with E-state index < -0.39 is 0 Å². The summed E-state index contributed by atoms with van der Waals surface area (Å²) in [4.78, 5) is 11.8. The summed E-state index contributed by atoms with van der Waals surface area (Å²) in [6, 6.07) is 8.15. The second-order valence-electron chi connectivity index (χ2n) is 6.43. The number of ether oxygens (including phenoxy) is 1. The van der Waals surface area contributed by atoms with Crippen molar-refractivity contribution in [3.63, 3.8) is 0 Å². The van der Waals surface area contributed by atoms with Crippen LogP contribution < -0.4 is 10.1 Å². The maximum atomic E-state index is 11.8. The minimum absolute atomic E-state index is 0.114. The quantitative estimate of drug-likeness (QED) is 0.773. The van der Waals surface area contributed by atoms with Gasteiger partial charge in [0.1, 0.15) is 12.4 Å². The summed E-state index contributed by atoms with van der Waals surface area (Å²) >= 11 is 0. The lowest BCUT2D eigenvalue weighted by Gasteiger charge is -2.20. The van der Waals surface area contributed by atoms with Gasteiger partial charge in [-0.05, 0) is 36.0 Å².